The summed E-state index contributed by atoms with van der Waals surface area (Å²) < 4.78 is 22.6. The van der Waals surface area contributed by atoms with E-state index in [9.17, 15) is 0 Å². The number of nitrogens with zero attached hydrogens (tertiary/aromatic N) is 10. The molecule has 12 aromatic carbocycles. The lowest BCUT2D eigenvalue weighted by atomic mass is 9.93. The largest absolute Gasteiger partial charge is 0.286 e. The van der Waals surface area contributed by atoms with Gasteiger partial charge in [-0.15, -0.1) is 18.4 Å². The fourth-order valence-electron chi connectivity index (χ4n) is 18.3. The lowest BCUT2D eigenvalue weighted by molar-refractivity contribution is -0.735. The number of hydrogen-bond acceptors (Lipinski definition) is 0. The van der Waals surface area contributed by atoms with Crippen LogP contribution < -0.4 is 23.1 Å². The van der Waals surface area contributed by atoms with Gasteiger partial charge in [0.05, 0.1) is 39.7 Å². The Balaban J connectivity index is 0.000000101. The van der Waals surface area contributed by atoms with Crippen LogP contribution in [0.15, 0.2) is 334 Å². The van der Waals surface area contributed by atoms with Crippen LogP contribution in [0.4, 0.5) is 0 Å². The van der Waals surface area contributed by atoms with Gasteiger partial charge < -0.3 is 0 Å². The maximum atomic E-state index is 2.38. The first kappa shape index (κ1) is 74.3. The summed E-state index contributed by atoms with van der Waals surface area (Å²) in [6, 6.07) is 109. The number of aromatic nitrogens is 10. The average Bonchev–Trinajstić information content (AvgIpc) is 1.68. The van der Waals surface area contributed by atoms with E-state index in [4.69, 9.17) is 0 Å². The highest BCUT2D eigenvalue weighted by atomic mass is 15.3. The number of para-hydroxylation sites is 8. The zero-order chi connectivity index (χ0) is 80.6. The third-order valence-electron chi connectivity index (χ3n) is 23.9. The number of pyridine rings is 5. The van der Waals surface area contributed by atoms with Crippen LogP contribution in [0.2, 0.25) is 0 Å². The van der Waals surface area contributed by atoms with Crippen LogP contribution in [0.3, 0.4) is 0 Å². The summed E-state index contributed by atoms with van der Waals surface area (Å²) in [5.74, 6) is 3.56. The quantitative estimate of drug-likeness (QED) is 0.122. The van der Waals surface area contributed by atoms with Gasteiger partial charge in [0.2, 0.25) is 0 Å². The minimum Gasteiger partial charge on any atom is -0.237 e. The Hall–Kier alpha value is -14.1. The summed E-state index contributed by atoms with van der Waals surface area (Å²) in [6.07, 6.45) is 10.7. The molecule has 0 aliphatic rings. The maximum Gasteiger partial charge on any atom is 0.286 e. The van der Waals surface area contributed by atoms with E-state index in [0.29, 0.717) is 0 Å². The Morgan fingerprint density at radius 3 is 1.04 bits per heavy atom. The molecule has 0 N–H and O–H groups in total. The first-order valence-corrected chi connectivity index (χ1v) is 40.5. The molecule has 10 aromatic heterocycles. The molecule has 0 atom stereocenters. The van der Waals surface area contributed by atoms with Crippen LogP contribution in [0.1, 0.15) is 50.1 Å². The topological polar surface area (TPSA) is 43.0 Å². The van der Waals surface area contributed by atoms with Crippen molar-refractivity contribution in [2.75, 3.05) is 0 Å². The van der Waals surface area contributed by atoms with Gasteiger partial charge in [-0.2, -0.15) is 13.7 Å². The van der Waals surface area contributed by atoms with E-state index in [1.54, 1.807) is 0 Å². The molecule has 0 amide bonds. The number of aryl methyl sites for hydroxylation is 14. The highest BCUT2D eigenvalue weighted by Crippen LogP contribution is 2.40. The van der Waals surface area contributed by atoms with E-state index in [0.717, 1.165) is 0 Å². The fourth-order valence-corrected chi connectivity index (χ4v) is 18.3. The molecule has 0 saturated carbocycles. The Morgan fingerprint density at radius 1 is 0.205 bits per heavy atom. The molecule has 22 rings (SSSR count). The molecular weight excluding hydrogens is 1430 g/mol. The molecule has 22 aromatic rings. The van der Waals surface area contributed by atoms with E-state index in [1.807, 2.05) is 0 Å². The van der Waals surface area contributed by atoms with Gasteiger partial charge in [0.1, 0.15) is 55.2 Å². The Bertz CT molecular complexity index is 7670. The smallest absolute Gasteiger partial charge is 0.237 e. The van der Waals surface area contributed by atoms with Crippen molar-refractivity contribution < 1.29 is 23.1 Å². The molecule has 0 radical (unpaired) electrons. The number of hydrogen-bond donors (Lipinski definition) is 0. The van der Waals surface area contributed by atoms with Crippen molar-refractivity contribution in [2.24, 2.45) is 35.2 Å². The first-order chi connectivity index (χ1) is 56.9. The molecule has 0 bridgehead atoms. The molecule has 0 saturated heterocycles. The van der Waals surface area contributed by atoms with Crippen LogP contribution in [-0.4, -0.2) is 22.7 Å². The predicted molar refractivity (Wildman–Crippen MR) is 487 cm³/mol. The molecule has 10 heterocycles. The molecule has 10 nitrogen and oxygen atoms in total. The maximum absolute atomic E-state index is 2.38. The minimum absolute atomic E-state index is 1.18. The van der Waals surface area contributed by atoms with E-state index in [-0.39, 0.29) is 0 Å². The third kappa shape index (κ3) is 13.0. The minimum atomic E-state index is 1.18. The molecule has 10 heteroatoms. The van der Waals surface area contributed by atoms with Crippen molar-refractivity contribution in [3.8, 4) is 39.7 Å². The van der Waals surface area contributed by atoms with E-state index in [1.165, 1.54) is 210 Å². The molecule has 570 valence electrons. The molecule has 0 unspecified atom stereocenters. The summed E-state index contributed by atoms with van der Waals surface area (Å²) in [5.41, 5.74) is 29.5. The second-order valence-electron chi connectivity index (χ2n) is 31.8. The molecule has 0 aliphatic heterocycles. The summed E-state index contributed by atoms with van der Waals surface area (Å²) in [7, 11) is 10.5. The van der Waals surface area contributed by atoms with Gasteiger partial charge in [-0.25, -0.2) is 13.7 Å². The first-order valence-electron chi connectivity index (χ1n) is 40.5. The summed E-state index contributed by atoms with van der Waals surface area (Å²) in [4.78, 5) is 0. The zero-order valence-corrected chi connectivity index (χ0v) is 69.2. The van der Waals surface area contributed by atoms with E-state index < -0.39 is 0 Å². The molecular formula is C107H97N10+5. The highest BCUT2D eigenvalue weighted by molar-refractivity contribution is 6.16. The molecule has 0 spiro atoms. The van der Waals surface area contributed by atoms with E-state index >= 15 is 0 Å². The van der Waals surface area contributed by atoms with Crippen molar-refractivity contribution in [3.63, 3.8) is 0 Å². The van der Waals surface area contributed by atoms with Crippen molar-refractivity contribution in [3.05, 3.63) is 384 Å². The number of fused-ring (bicyclic) bond motifs is 21. The van der Waals surface area contributed by atoms with Crippen molar-refractivity contribution in [2.45, 2.75) is 62.3 Å². The van der Waals surface area contributed by atoms with Crippen LogP contribution in [-0.2, 0) is 35.2 Å². The Morgan fingerprint density at radius 2 is 0.573 bits per heavy atom. The number of rotatable bonds is 5. The van der Waals surface area contributed by atoms with Gasteiger partial charge in [-0.1, -0.05) is 188 Å². The zero-order valence-electron chi connectivity index (χ0n) is 69.2. The van der Waals surface area contributed by atoms with Gasteiger partial charge in [0.25, 0.3) is 17.5 Å². The van der Waals surface area contributed by atoms with Crippen LogP contribution in [0.5, 0.6) is 0 Å². The average molecular weight is 1520 g/mol. The van der Waals surface area contributed by atoms with Crippen molar-refractivity contribution in [1.29, 1.82) is 0 Å². The third-order valence-corrected chi connectivity index (χ3v) is 23.9. The highest BCUT2D eigenvalue weighted by Gasteiger charge is 2.27. The predicted octanol–water partition coefficient (Wildman–Crippen LogP) is 23.1. The second-order valence-corrected chi connectivity index (χ2v) is 31.8. The summed E-state index contributed by atoms with van der Waals surface area (Å²) in [6.45, 7) is 19.6. The summed E-state index contributed by atoms with van der Waals surface area (Å²) >= 11 is 0. The fraction of sp³-hybridized carbons (Fsp3) is 0.131. The second kappa shape index (κ2) is 30.4. The molecule has 117 heavy (non-hydrogen) atoms. The number of benzene rings is 12. The van der Waals surface area contributed by atoms with Crippen LogP contribution in [0.25, 0.3) is 160 Å². The Labute approximate surface area is 682 Å². The lowest BCUT2D eigenvalue weighted by Gasteiger charge is -2.13. The van der Waals surface area contributed by atoms with Crippen LogP contribution in [0, 0.1) is 62.3 Å². The van der Waals surface area contributed by atoms with Gasteiger partial charge >= 0.3 is 0 Å². The summed E-state index contributed by atoms with van der Waals surface area (Å²) in [5, 5.41) is 15.7. The van der Waals surface area contributed by atoms with Gasteiger partial charge in [-0.05, 0) is 230 Å². The molecule has 0 fully saturated rings. The van der Waals surface area contributed by atoms with Gasteiger partial charge in [0.15, 0.2) is 26.5 Å². The van der Waals surface area contributed by atoms with Crippen LogP contribution >= 0.6 is 0 Å². The normalized spacial score (nSPS) is 11.5. The Kier molecular flexibility index (Phi) is 19.3. The van der Waals surface area contributed by atoms with Crippen molar-refractivity contribution in [1.82, 2.24) is 22.7 Å². The van der Waals surface area contributed by atoms with E-state index in [2.05, 4.69) is 478 Å². The van der Waals surface area contributed by atoms with Gasteiger partial charge in [-0.3, -0.25) is 0 Å². The SMILES string of the molecule is Cc1cc[n+](C)c(-n2c3ccccc3c3cccc(C)c32)c1.Cc1ccc(-n2c3ccccc3c3cccc(C)c32)[n+](C)c1.Cc1cccc(C)c1-c1ccc2c(c1)c1cccc(C)c1n1c2cc[n+]1C.Cc1cccc2c3cc(-c4ccccc4)ccc3c3cc[n+](C)n3c12.Cc1cccc2c3ccccc3n(-c3cccc[n+]3C)c12. The monoisotopic (exact) mass is 1520 g/mol. The van der Waals surface area contributed by atoms with Crippen molar-refractivity contribution >= 4 is 120 Å². The van der Waals surface area contributed by atoms with Gasteiger partial charge in [0, 0.05) is 84.2 Å². The standard InChI is InChI=1S/C25H23N2.C23H19N2.2C20H19N2.C19H17N2/c1-16-7-5-8-17(2)24(16)19-11-12-20-22(15-19)21-10-6-9-18(3)25(21)27-23(20)13-14-26(27)4;1-16-7-6-10-20-21-15-18(17-8-4-3-5-9-17)11-12-19(21)22-13-14-24(2)25(22)23(16)20;1-14-11-12-21(3)19(13-14)22-18-10-5-4-8-16(18)17-9-6-7-15(2)20(17)22;1-14-11-12-19(21(3)13-14)22-18-10-5-4-8-16(18)17-9-6-7-15(2)20(17)22;1-14-8-7-10-16-15-9-3-4-11-17(15)21(19(14)16)18-12-5-6-13-20(18)2/h5-15H,1-4H3;3-15H,1-2H3;2*4-13H,1-3H3;3-13H,1-2H3/q5*+1. The lowest BCUT2D eigenvalue weighted by Crippen LogP contribution is -2.34. The molecule has 0 aliphatic carbocycles.